The summed E-state index contributed by atoms with van der Waals surface area (Å²) in [5.41, 5.74) is 0. The molecule has 3 nitrogen and oxygen atoms in total. The van der Waals surface area contributed by atoms with Crippen molar-refractivity contribution in [3.05, 3.63) is 51.9 Å². The molecular weight excluding hydrogens is 329 g/mol. The largest absolute Gasteiger partial charge is 0.464 e. The molecule has 21 heavy (non-hydrogen) atoms. The third-order valence-corrected chi connectivity index (χ3v) is 4.87. The Kier molecular flexibility index (Phi) is 5.88. The molecule has 1 N–H and O–H groups in total. The zero-order valence-electron chi connectivity index (χ0n) is 11.9. The first-order valence-corrected chi connectivity index (χ1v) is 8.67. The SMILES string of the molecule is CC(C)NCc1ccc(CS(=O)c2cc(Cl)ccc2Cl)o1. The molecule has 0 spiro atoms. The van der Waals surface area contributed by atoms with Gasteiger partial charge in [0.1, 0.15) is 11.5 Å². The van der Waals surface area contributed by atoms with Crippen LogP contribution in [-0.4, -0.2) is 10.3 Å². The van der Waals surface area contributed by atoms with Gasteiger partial charge in [0.2, 0.25) is 0 Å². The van der Waals surface area contributed by atoms with E-state index in [1.165, 1.54) is 0 Å². The van der Waals surface area contributed by atoms with Crippen molar-refractivity contribution < 1.29 is 8.63 Å². The monoisotopic (exact) mass is 345 g/mol. The van der Waals surface area contributed by atoms with E-state index in [9.17, 15) is 4.21 Å². The zero-order valence-corrected chi connectivity index (χ0v) is 14.2. The molecule has 0 fully saturated rings. The number of halogens is 2. The second kappa shape index (κ2) is 7.45. The molecule has 0 bridgehead atoms. The molecule has 1 aromatic heterocycles. The summed E-state index contributed by atoms with van der Waals surface area (Å²) in [6.07, 6.45) is 0. The quantitative estimate of drug-likeness (QED) is 0.843. The molecule has 0 aliphatic heterocycles. The van der Waals surface area contributed by atoms with Gasteiger partial charge in [0, 0.05) is 11.1 Å². The molecule has 1 unspecified atom stereocenters. The minimum absolute atomic E-state index is 0.280. The number of rotatable bonds is 6. The van der Waals surface area contributed by atoms with Crippen LogP contribution in [0.1, 0.15) is 25.4 Å². The molecule has 2 rings (SSSR count). The van der Waals surface area contributed by atoms with Gasteiger partial charge < -0.3 is 9.73 Å². The Bertz CT molecular complexity index is 640. The summed E-state index contributed by atoms with van der Waals surface area (Å²) in [6, 6.07) is 9.07. The Balaban J connectivity index is 2.04. The van der Waals surface area contributed by atoms with Gasteiger partial charge in [-0.1, -0.05) is 37.0 Å². The smallest absolute Gasteiger partial charge is 0.118 e. The van der Waals surface area contributed by atoms with Crippen LogP contribution in [-0.2, 0) is 23.1 Å². The second-order valence-electron chi connectivity index (χ2n) is 4.97. The summed E-state index contributed by atoms with van der Waals surface area (Å²) in [5, 5.41) is 4.24. The number of hydrogen-bond donors (Lipinski definition) is 1. The Labute approximate surface area is 137 Å². The average molecular weight is 346 g/mol. The first kappa shape index (κ1) is 16.6. The highest BCUT2D eigenvalue weighted by molar-refractivity contribution is 7.84. The highest BCUT2D eigenvalue weighted by Crippen LogP contribution is 2.25. The molecule has 1 heterocycles. The summed E-state index contributed by atoms with van der Waals surface area (Å²) in [4.78, 5) is 0.530. The van der Waals surface area contributed by atoms with E-state index in [1.54, 1.807) is 18.2 Å². The molecular formula is C15H17Cl2NO2S. The van der Waals surface area contributed by atoms with Crippen molar-refractivity contribution in [2.75, 3.05) is 0 Å². The number of furan rings is 1. The Hall–Kier alpha value is -0.810. The summed E-state index contributed by atoms with van der Waals surface area (Å²) in [6.45, 7) is 4.79. The van der Waals surface area contributed by atoms with Gasteiger partial charge in [-0.3, -0.25) is 4.21 Å². The van der Waals surface area contributed by atoms with Crippen molar-refractivity contribution in [1.29, 1.82) is 0 Å². The fraction of sp³-hybridized carbons (Fsp3) is 0.333. The topological polar surface area (TPSA) is 42.2 Å². The average Bonchev–Trinajstić information content (AvgIpc) is 2.86. The maximum atomic E-state index is 12.4. The predicted molar refractivity (Wildman–Crippen MR) is 87.3 cm³/mol. The van der Waals surface area contributed by atoms with Crippen LogP contribution >= 0.6 is 23.2 Å². The van der Waals surface area contributed by atoms with Crippen LogP contribution in [0, 0.1) is 0 Å². The van der Waals surface area contributed by atoms with Gasteiger partial charge in [-0.15, -0.1) is 0 Å². The molecule has 1 aromatic carbocycles. The zero-order chi connectivity index (χ0) is 15.4. The predicted octanol–water partition coefficient (Wildman–Crippen LogP) is 4.39. The minimum atomic E-state index is -1.29. The van der Waals surface area contributed by atoms with Crippen LogP contribution in [0.3, 0.4) is 0 Å². The fourth-order valence-electron chi connectivity index (χ4n) is 1.76. The first-order valence-electron chi connectivity index (χ1n) is 6.60. The van der Waals surface area contributed by atoms with Crippen molar-refractivity contribution in [1.82, 2.24) is 5.32 Å². The lowest BCUT2D eigenvalue weighted by Gasteiger charge is -2.05. The van der Waals surface area contributed by atoms with Crippen LogP contribution in [0.2, 0.25) is 10.0 Å². The van der Waals surface area contributed by atoms with Gasteiger partial charge in [0.25, 0.3) is 0 Å². The van der Waals surface area contributed by atoms with Gasteiger partial charge in [0.15, 0.2) is 0 Å². The van der Waals surface area contributed by atoms with E-state index in [1.807, 2.05) is 12.1 Å². The van der Waals surface area contributed by atoms with Crippen LogP contribution in [0.4, 0.5) is 0 Å². The molecule has 0 radical (unpaired) electrons. The van der Waals surface area contributed by atoms with Gasteiger partial charge in [-0.05, 0) is 30.3 Å². The van der Waals surface area contributed by atoms with Crippen LogP contribution in [0.15, 0.2) is 39.6 Å². The van der Waals surface area contributed by atoms with E-state index < -0.39 is 10.8 Å². The van der Waals surface area contributed by atoms with E-state index in [0.717, 1.165) is 5.76 Å². The molecule has 0 aliphatic rings. The summed E-state index contributed by atoms with van der Waals surface area (Å²) in [5.74, 6) is 1.78. The van der Waals surface area contributed by atoms with Crippen molar-refractivity contribution in [3.63, 3.8) is 0 Å². The number of hydrogen-bond acceptors (Lipinski definition) is 3. The van der Waals surface area contributed by atoms with E-state index >= 15 is 0 Å². The third kappa shape index (κ3) is 4.85. The van der Waals surface area contributed by atoms with E-state index in [0.29, 0.717) is 33.3 Å². The van der Waals surface area contributed by atoms with Gasteiger partial charge in [-0.25, -0.2) is 0 Å². The number of benzene rings is 1. The molecule has 6 heteroatoms. The van der Waals surface area contributed by atoms with Crippen molar-refractivity contribution >= 4 is 34.0 Å². The van der Waals surface area contributed by atoms with E-state index in [2.05, 4.69) is 19.2 Å². The fourth-order valence-corrected chi connectivity index (χ4v) is 3.48. The minimum Gasteiger partial charge on any atom is -0.464 e. The van der Waals surface area contributed by atoms with Crippen LogP contribution in [0.5, 0.6) is 0 Å². The Morgan fingerprint density at radius 3 is 2.62 bits per heavy atom. The normalized spacial score (nSPS) is 12.8. The highest BCUT2D eigenvalue weighted by Gasteiger charge is 2.13. The molecule has 0 amide bonds. The van der Waals surface area contributed by atoms with Crippen molar-refractivity contribution in [3.8, 4) is 0 Å². The Morgan fingerprint density at radius 1 is 1.19 bits per heavy atom. The lowest BCUT2D eigenvalue weighted by Crippen LogP contribution is -2.21. The first-order chi connectivity index (χ1) is 9.95. The third-order valence-electron chi connectivity index (χ3n) is 2.81. The molecule has 0 saturated heterocycles. The molecule has 0 aliphatic carbocycles. The van der Waals surface area contributed by atoms with Crippen molar-refractivity contribution in [2.45, 2.75) is 37.1 Å². The molecule has 2 aromatic rings. The lowest BCUT2D eigenvalue weighted by atomic mass is 10.3. The standard InChI is InChI=1S/C15H17Cl2NO2S/c1-10(2)18-8-12-4-5-13(20-12)9-21(19)15-7-11(16)3-6-14(15)17/h3-7,10,18H,8-9H2,1-2H3. The van der Waals surface area contributed by atoms with Crippen LogP contribution < -0.4 is 5.32 Å². The lowest BCUT2D eigenvalue weighted by molar-refractivity contribution is 0.445. The Morgan fingerprint density at radius 2 is 1.90 bits per heavy atom. The second-order valence-corrected chi connectivity index (χ2v) is 7.23. The van der Waals surface area contributed by atoms with Gasteiger partial charge in [-0.2, -0.15) is 0 Å². The molecule has 1 atom stereocenters. The molecule has 0 saturated carbocycles. The molecule has 114 valence electrons. The highest BCUT2D eigenvalue weighted by atomic mass is 35.5. The van der Waals surface area contributed by atoms with Gasteiger partial charge in [0.05, 0.1) is 33.0 Å². The maximum absolute atomic E-state index is 12.4. The summed E-state index contributed by atoms with van der Waals surface area (Å²) < 4.78 is 18.0. The van der Waals surface area contributed by atoms with Crippen LogP contribution in [0.25, 0.3) is 0 Å². The van der Waals surface area contributed by atoms with Gasteiger partial charge >= 0.3 is 0 Å². The summed E-state index contributed by atoms with van der Waals surface area (Å²) >= 11 is 12.0. The number of nitrogens with one attached hydrogen (secondary N) is 1. The van der Waals surface area contributed by atoms with E-state index in [-0.39, 0.29) is 5.75 Å². The summed E-state index contributed by atoms with van der Waals surface area (Å²) in [7, 11) is -1.29. The van der Waals surface area contributed by atoms with Crippen molar-refractivity contribution in [2.24, 2.45) is 0 Å². The van der Waals surface area contributed by atoms with E-state index in [4.69, 9.17) is 27.6 Å². The maximum Gasteiger partial charge on any atom is 0.118 e.